The SMILES string of the molecule is CC(=O)N[C@H](C)C12CCC(CC1)N2C(=O)OC(C)(C)C. The molecular weight excluding hydrogens is 256 g/mol. The molecule has 5 nitrogen and oxygen atoms in total. The molecule has 5 heteroatoms. The van der Waals surface area contributed by atoms with Crippen molar-refractivity contribution in [3.63, 3.8) is 0 Å². The molecule has 0 aromatic heterocycles. The largest absolute Gasteiger partial charge is 0.444 e. The zero-order valence-electron chi connectivity index (χ0n) is 13.2. The number of nitrogens with one attached hydrogen (secondary N) is 1. The lowest BCUT2D eigenvalue weighted by atomic mass is 9.82. The first-order chi connectivity index (χ1) is 9.16. The van der Waals surface area contributed by atoms with Crippen LogP contribution in [0.5, 0.6) is 0 Å². The van der Waals surface area contributed by atoms with Crippen molar-refractivity contribution in [1.29, 1.82) is 0 Å². The summed E-state index contributed by atoms with van der Waals surface area (Å²) in [7, 11) is 0. The second-order valence-electron chi connectivity index (χ2n) is 7.11. The van der Waals surface area contributed by atoms with Crippen molar-refractivity contribution in [2.45, 2.75) is 83.5 Å². The number of ether oxygens (including phenoxy) is 1. The summed E-state index contributed by atoms with van der Waals surface area (Å²) in [6, 6.07) is 0.223. The third-order valence-corrected chi connectivity index (χ3v) is 4.48. The van der Waals surface area contributed by atoms with Crippen molar-refractivity contribution in [2.75, 3.05) is 0 Å². The summed E-state index contributed by atoms with van der Waals surface area (Å²) in [6.45, 7) is 9.16. The van der Waals surface area contributed by atoms with Crippen LogP contribution in [0, 0.1) is 0 Å². The Morgan fingerprint density at radius 3 is 2.30 bits per heavy atom. The van der Waals surface area contributed by atoms with Crippen molar-refractivity contribution < 1.29 is 14.3 Å². The zero-order valence-corrected chi connectivity index (χ0v) is 13.2. The van der Waals surface area contributed by atoms with E-state index in [2.05, 4.69) is 5.32 Å². The quantitative estimate of drug-likeness (QED) is 0.846. The van der Waals surface area contributed by atoms with Crippen molar-refractivity contribution >= 4 is 12.0 Å². The normalized spacial score (nSPS) is 30.2. The fourth-order valence-electron chi connectivity index (χ4n) is 3.69. The Morgan fingerprint density at radius 1 is 1.30 bits per heavy atom. The lowest BCUT2D eigenvalue weighted by Gasteiger charge is -2.40. The van der Waals surface area contributed by atoms with E-state index in [1.54, 1.807) is 0 Å². The molecule has 2 aliphatic heterocycles. The highest BCUT2D eigenvalue weighted by Gasteiger charge is 2.57. The molecule has 20 heavy (non-hydrogen) atoms. The maximum Gasteiger partial charge on any atom is 0.411 e. The highest BCUT2D eigenvalue weighted by molar-refractivity contribution is 5.74. The number of nitrogens with zero attached hydrogens (tertiary/aromatic N) is 1. The number of fused-ring (bicyclic) bond motifs is 2. The first-order valence-corrected chi connectivity index (χ1v) is 7.45. The van der Waals surface area contributed by atoms with Gasteiger partial charge in [-0.15, -0.1) is 0 Å². The van der Waals surface area contributed by atoms with E-state index < -0.39 is 5.60 Å². The van der Waals surface area contributed by atoms with Crippen molar-refractivity contribution in [3.8, 4) is 0 Å². The second-order valence-corrected chi connectivity index (χ2v) is 7.11. The number of carbonyl (C=O) groups excluding carboxylic acids is 2. The predicted octanol–water partition coefficient (Wildman–Crippen LogP) is 2.44. The highest BCUT2D eigenvalue weighted by atomic mass is 16.6. The molecule has 2 rings (SSSR count). The van der Waals surface area contributed by atoms with Crippen LogP contribution in [-0.4, -0.2) is 40.1 Å². The van der Waals surface area contributed by atoms with E-state index in [0.717, 1.165) is 25.7 Å². The van der Waals surface area contributed by atoms with E-state index in [9.17, 15) is 9.59 Å². The van der Waals surface area contributed by atoms with Gasteiger partial charge in [-0.1, -0.05) is 0 Å². The molecule has 2 saturated heterocycles. The van der Waals surface area contributed by atoms with Crippen LogP contribution in [-0.2, 0) is 9.53 Å². The average Bonchev–Trinajstić information content (AvgIpc) is 2.81. The van der Waals surface area contributed by atoms with Gasteiger partial charge in [0.15, 0.2) is 0 Å². The monoisotopic (exact) mass is 282 g/mol. The minimum Gasteiger partial charge on any atom is -0.444 e. The zero-order chi connectivity index (χ0) is 15.1. The molecule has 0 spiro atoms. The first-order valence-electron chi connectivity index (χ1n) is 7.45. The van der Waals surface area contributed by atoms with Gasteiger partial charge in [0.25, 0.3) is 0 Å². The lowest BCUT2D eigenvalue weighted by molar-refractivity contribution is -0.120. The fraction of sp³-hybridized carbons (Fsp3) is 0.867. The van der Waals surface area contributed by atoms with Crippen LogP contribution < -0.4 is 5.32 Å². The Kier molecular flexibility index (Phi) is 3.73. The Bertz CT molecular complexity index is 406. The van der Waals surface area contributed by atoms with E-state index in [1.807, 2.05) is 32.6 Å². The summed E-state index contributed by atoms with van der Waals surface area (Å²) in [5.74, 6) is -0.0497. The number of rotatable bonds is 2. The van der Waals surface area contributed by atoms with Gasteiger partial charge in [0, 0.05) is 19.0 Å². The Balaban J connectivity index is 2.19. The predicted molar refractivity (Wildman–Crippen MR) is 76.3 cm³/mol. The van der Waals surface area contributed by atoms with Crippen LogP contribution in [0.15, 0.2) is 0 Å². The van der Waals surface area contributed by atoms with E-state index in [4.69, 9.17) is 4.74 Å². The van der Waals surface area contributed by atoms with E-state index in [1.165, 1.54) is 6.92 Å². The summed E-state index contributed by atoms with van der Waals surface area (Å²) in [5, 5.41) is 2.96. The van der Waals surface area contributed by atoms with Gasteiger partial charge in [-0.05, 0) is 53.4 Å². The molecular formula is C15H26N2O3. The summed E-state index contributed by atoms with van der Waals surface area (Å²) >= 11 is 0. The fourth-order valence-corrected chi connectivity index (χ4v) is 3.69. The molecule has 0 aromatic rings. The van der Waals surface area contributed by atoms with Gasteiger partial charge in [-0.2, -0.15) is 0 Å². The van der Waals surface area contributed by atoms with Crippen molar-refractivity contribution in [1.82, 2.24) is 10.2 Å². The average molecular weight is 282 g/mol. The van der Waals surface area contributed by atoms with Crippen LogP contribution >= 0.6 is 0 Å². The minimum absolute atomic E-state index is 0.0416. The first kappa shape index (κ1) is 15.1. The standard InChI is InChI=1S/C15H26N2O3/c1-10(16-11(2)18)15-8-6-12(7-9-15)17(15)13(19)20-14(3,4)5/h10,12H,6-9H2,1-5H3,(H,16,18)/t10-,12?,15?/m1/s1. The van der Waals surface area contributed by atoms with Gasteiger partial charge < -0.3 is 10.1 Å². The molecule has 0 radical (unpaired) electrons. The van der Waals surface area contributed by atoms with Gasteiger partial charge in [0.2, 0.25) is 5.91 Å². The minimum atomic E-state index is -0.489. The van der Waals surface area contributed by atoms with E-state index in [-0.39, 0.29) is 29.6 Å². The number of hydrogen-bond acceptors (Lipinski definition) is 3. The molecule has 2 bridgehead atoms. The summed E-state index contributed by atoms with van der Waals surface area (Å²) in [6.07, 6.45) is 3.65. The molecule has 2 fully saturated rings. The Labute approximate surface area is 121 Å². The molecule has 1 atom stereocenters. The van der Waals surface area contributed by atoms with Crippen LogP contribution in [0.3, 0.4) is 0 Å². The van der Waals surface area contributed by atoms with Gasteiger partial charge in [0.05, 0.1) is 5.54 Å². The third kappa shape index (κ3) is 2.63. The molecule has 0 aliphatic carbocycles. The van der Waals surface area contributed by atoms with Crippen molar-refractivity contribution in [2.24, 2.45) is 0 Å². The maximum atomic E-state index is 12.5. The molecule has 1 N–H and O–H groups in total. The highest BCUT2D eigenvalue weighted by Crippen LogP contribution is 2.48. The van der Waals surface area contributed by atoms with Gasteiger partial charge in [-0.3, -0.25) is 9.69 Å². The van der Waals surface area contributed by atoms with Crippen LogP contribution in [0.2, 0.25) is 0 Å². The number of amides is 2. The lowest BCUT2D eigenvalue weighted by Crippen LogP contribution is -2.58. The Morgan fingerprint density at radius 2 is 1.85 bits per heavy atom. The second kappa shape index (κ2) is 4.93. The van der Waals surface area contributed by atoms with Crippen LogP contribution in [0.25, 0.3) is 0 Å². The summed E-state index contributed by atoms with van der Waals surface area (Å²) in [4.78, 5) is 25.8. The Hall–Kier alpha value is -1.26. The van der Waals surface area contributed by atoms with Gasteiger partial charge in [-0.25, -0.2) is 4.79 Å². The molecule has 114 valence electrons. The van der Waals surface area contributed by atoms with Gasteiger partial charge in [0.1, 0.15) is 5.60 Å². The van der Waals surface area contributed by atoms with E-state index in [0.29, 0.717) is 0 Å². The molecule has 2 amide bonds. The molecule has 0 aromatic carbocycles. The third-order valence-electron chi connectivity index (χ3n) is 4.48. The van der Waals surface area contributed by atoms with Gasteiger partial charge >= 0.3 is 6.09 Å². The van der Waals surface area contributed by atoms with E-state index >= 15 is 0 Å². The topological polar surface area (TPSA) is 58.6 Å². The molecule has 0 unspecified atom stereocenters. The van der Waals surface area contributed by atoms with Crippen LogP contribution in [0.4, 0.5) is 4.79 Å². The number of carbonyl (C=O) groups is 2. The summed E-state index contributed by atoms with van der Waals surface area (Å²) in [5.41, 5.74) is -0.754. The number of hydrogen-bond donors (Lipinski definition) is 1. The smallest absolute Gasteiger partial charge is 0.411 e. The molecule has 2 aliphatic rings. The molecule has 2 heterocycles. The molecule has 0 saturated carbocycles. The summed E-state index contributed by atoms with van der Waals surface area (Å²) < 4.78 is 5.56. The maximum absolute atomic E-state index is 12.5. The van der Waals surface area contributed by atoms with Crippen LogP contribution in [0.1, 0.15) is 60.3 Å². The van der Waals surface area contributed by atoms with Crippen molar-refractivity contribution in [3.05, 3.63) is 0 Å².